The van der Waals surface area contributed by atoms with Crippen LogP contribution in [-0.4, -0.2) is 17.1 Å². The highest BCUT2D eigenvalue weighted by molar-refractivity contribution is 9.10. The lowest BCUT2D eigenvalue weighted by molar-refractivity contribution is -0.307. The Morgan fingerprint density at radius 2 is 1.96 bits per heavy atom. The van der Waals surface area contributed by atoms with Gasteiger partial charge in [-0.15, -0.1) is 0 Å². The summed E-state index contributed by atoms with van der Waals surface area (Å²) in [5, 5.41) is 10.2. The molecule has 0 aliphatic carbocycles. The lowest BCUT2D eigenvalue weighted by atomic mass is 10.1. The van der Waals surface area contributed by atoms with E-state index >= 15 is 0 Å². The first-order valence-corrected chi connectivity index (χ1v) is 7.44. The summed E-state index contributed by atoms with van der Waals surface area (Å²) in [5.41, 5.74) is -1.31. The van der Waals surface area contributed by atoms with Crippen LogP contribution in [0.4, 0.5) is 17.6 Å². The number of nitrogens with zero attached hydrogens (tertiary/aromatic N) is 1. The highest BCUT2D eigenvalue weighted by Crippen LogP contribution is 2.41. The summed E-state index contributed by atoms with van der Waals surface area (Å²) in [6.07, 6.45) is -4.63. The van der Waals surface area contributed by atoms with Crippen LogP contribution >= 0.6 is 27.5 Å². The van der Waals surface area contributed by atoms with Crippen molar-refractivity contribution in [2.75, 3.05) is 6.61 Å². The number of aromatic nitrogens is 1. The second-order valence-corrected chi connectivity index (χ2v) is 5.87. The second-order valence-electron chi connectivity index (χ2n) is 4.71. The quantitative estimate of drug-likeness (QED) is 0.700. The Bertz CT molecular complexity index is 804. The van der Waals surface area contributed by atoms with Crippen LogP contribution < -0.4 is 9.84 Å². The van der Waals surface area contributed by atoms with Crippen molar-refractivity contribution < 1.29 is 32.2 Å². The van der Waals surface area contributed by atoms with Gasteiger partial charge in [-0.05, 0) is 34.1 Å². The lowest BCUT2D eigenvalue weighted by Crippen LogP contribution is -2.29. The van der Waals surface area contributed by atoms with Crippen LogP contribution in [0.2, 0.25) is 5.02 Å². The molecule has 0 N–H and O–H groups in total. The minimum atomic E-state index is -4.63. The van der Waals surface area contributed by atoms with Gasteiger partial charge in [-0.25, -0.2) is 4.39 Å². The molecule has 0 aliphatic rings. The molecular weight excluding hydrogens is 422 g/mol. The molecule has 0 aliphatic heterocycles. The van der Waals surface area contributed by atoms with Crippen LogP contribution in [0.3, 0.4) is 0 Å². The Morgan fingerprint density at radius 1 is 1.33 bits per heavy atom. The third kappa shape index (κ3) is 3.67. The average molecular weight is 430 g/mol. The van der Waals surface area contributed by atoms with Gasteiger partial charge < -0.3 is 19.2 Å². The van der Waals surface area contributed by atoms with Crippen molar-refractivity contribution >= 4 is 33.5 Å². The van der Waals surface area contributed by atoms with Crippen LogP contribution in [-0.2, 0) is 18.0 Å². The van der Waals surface area contributed by atoms with Crippen LogP contribution in [0.25, 0.3) is 11.1 Å². The summed E-state index contributed by atoms with van der Waals surface area (Å²) < 4.78 is 58.7. The van der Waals surface area contributed by atoms with E-state index in [4.69, 9.17) is 16.3 Å². The van der Waals surface area contributed by atoms with Crippen molar-refractivity contribution in [3.8, 4) is 16.9 Å². The maximum atomic E-state index is 14.2. The Kier molecular flexibility index (Phi) is 5.14. The van der Waals surface area contributed by atoms with Gasteiger partial charge in [0, 0.05) is 18.2 Å². The van der Waals surface area contributed by atoms with Crippen molar-refractivity contribution in [2.24, 2.45) is 7.05 Å². The zero-order valence-electron chi connectivity index (χ0n) is 11.9. The first-order valence-electron chi connectivity index (χ1n) is 6.26. The number of halogens is 6. The fourth-order valence-corrected chi connectivity index (χ4v) is 2.75. The highest BCUT2D eigenvalue weighted by atomic mass is 79.9. The number of hydrogen-bond acceptors (Lipinski definition) is 3. The number of carbonyl (C=O) groups excluding carboxylic acids is 1. The van der Waals surface area contributed by atoms with Gasteiger partial charge in [0.1, 0.15) is 23.9 Å². The molecule has 10 heteroatoms. The van der Waals surface area contributed by atoms with E-state index in [0.29, 0.717) is 0 Å². The van der Waals surface area contributed by atoms with Crippen molar-refractivity contribution in [2.45, 2.75) is 6.18 Å². The minimum Gasteiger partial charge on any atom is -0.546 e. The predicted molar refractivity (Wildman–Crippen MR) is 79.0 cm³/mol. The fraction of sp³-hybridized carbons (Fsp3) is 0.214. The maximum Gasteiger partial charge on any atom is 0.431 e. The molecule has 0 bridgehead atoms. The number of carboxylic acids is 1. The normalized spacial score (nSPS) is 11.6. The molecule has 0 saturated carbocycles. The molecule has 0 atom stereocenters. The number of carboxylic acid groups (broad SMARTS) is 1. The number of alkyl halides is 3. The molecule has 0 saturated heterocycles. The molecule has 0 fully saturated rings. The SMILES string of the molecule is Cn1c(C(F)(F)F)cc(-c2cc(OCC(=O)[O-])c(Cl)cc2F)c1Br. The van der Waals surface area contributed by atoms with E-state index in [9.17, 15) is 27.5 Å². The smallest absolute Gasteiger partial charge is 0.431 e. The molecule has 130 valence electrons. The molecular formula is C14H8BrClF4NO3-. The number of carbonyl (C=O) groups is 1. The zero-order valence-corrected chi connectivity index (χ0v) is 14.2. The molecule has 2 rings (SSSR count). The standard InChI is InChI=1S/C14H9BrClF4NO3/c1-21-11(14(18,19)20)3-7(13(21)15)6-2-10(24-5-12(22)23)8(16)4-9(6)17/h2-4H,5H2,1H3,(H,22,23)/p-1. The summed E-state index contributed by atoms with van der Waals surface area (Å²) in [6, 6.07) is 2.62. The van der Waals surface area contributed by atoms with Crippen LogP contribution in [0.15, 0.2) is 22.8 Å². The average Bonchev–Trinajstić information content (AvgIpc) is 2.74. The van der Waals surface area contributed by atoms with E-state index < -0.39 is 30.3 Å². The van der Waals surface area contributed by atoms with Gasteiger partial charge in [0.15, 0.2) is 0 Å². The molecule has 1 heterocycles. The first kappa shape index (κ1) is 18.6. The molecule has 4 nitrogen and oxygen atoms in total. The monoisotopic (exact) mass is 428 g/mol. The van der Waals surface area contributed by atoms with Crippen LogP contribution in [0, 0.1) is 5.82 Å². The lowest BCUT2D eigenvalue weighted by Gasteiger charge is -2.11. The summed E-state index contributed by atoms with van der Waals surface area (Å²) in [5.74, 6) is -2.61. The Morgan fingerprint density at radius 3 is 2.46 bits per heavy atom. The van der Waals surface area contributed by atoms with E-state index in [-0.39, 0.29) is 26.5 Å². The predicted octanol–water partition coefficient (Wildman–Crippen LogP) is 3.39. The molecule has 0 spiro atoms. The second kappa shape index (κ2) is 6.64. The third-order valence-electron chi connectivity index (χ3n) is 3.11. The van der Waals surface area contributed by atoms with Crippen LogP contribution in [0.1, 0.15) is 5.69 Å². The molecule has 24 heavy (non-hydrogen) atoms. The van der Waals surface area contributed by atoms with E-state index in [1.54, 1.807) is 0 Å². The first-order chi connectivity index (χ1) is 11.0. The molecule has 1 aromatic carbocycles. The van der Waals surface area contributed by atoms with Gasteiger partial charge >= 0.3 is 6.18 Å². The highest BCUT2D eigenvalue weighted by Gasteiger charge is 2.36. The number of ether oxygens (including phenoxy) is 1. The fourth-order valence-electron chi connectivity index (χ4n) is 2.02. The van der Waals surface area contributed by atoms with Crippen molar-refractivity contribution in [1.82, 2.24) is 4.57 Å². The summed E-state index contributed by atoms with van der Waals surface area (Å²) in [4.78, 5) is 10.4. The van der Waals surface area contributed by atoms with Gasteiger partial charge in [-0.1, -0.05) is 11.6 Å². The molecule has 0 radical (unpaired) electrons. The van der Waals surface area contributed by atoms with Crippen molar-refractivity contribution in [3.63, 3.8) is 0 Å². The van der Waals surface area contributed by atoms with Crippen molar-refractivity contribution in [3.05, 3.63) is 39.3 Å². The molecule has 1 aromatic heterocycles. The minimum absolute atomic E-state index is 0.0121. The summed E-state index contributed by atoms with van der Waals surface area (Å²) >= 11 is 8.73. The number of aliphatic carboxylic acids is 1. The Labute approximate surface area is 146 Å². The molecule has 0 amide bonds. The largest absolute Gasteiger partial charge is 0.546 e. The summed E-state index contributed by atoms with van der Waals surface area (Å²) in [6.45, 7) is -0.839. The van der Waals surface area contributed by atoms with Gasteiger partial charge in [0.2, 0.25) is 0 Å². The van der Waals surface area contributed by atoms with Gasteiger partial charge in [0.05, 0.1) is 15.6 Å². The van der Waals surface area contributed by atoms with Crippen LogP contribution in [0.5, 0.6) is 5.75 Å². The van der Waals surface area contributed by atoms with E-state index in [0.717, 1.165) is 29.8 Å². The molecule has 0 unspecified atom stereocenters. The van der Waals surface area contributed by atoms with Gasteiger partial charge in [-0.3, -0.25) is 0 Å². The van der Waals surface area contributed by atoms with E-state index in [2.05, 4.69) is 15.9 Å². The molecule has 2 aromatic rings. The maximum absolute atomic E-state index is 14.2. The number of benzene rings is 1. The Hall–Kier alpha value is -1.74. The summed E-state index contributed by atoms with van der Waals surface area (Å²) in [7, 11) is 1.16. The van der Waals surface area contributed by atoms with E-state index in [1.807, 2.05) is 0 Å². The van der Waals surface area contributed by atoms with Crippen molar-refractivity contribution in [1.29, 1.82) is 0 Å². The van der Waals surface area contributed by atoms with Gasteiger partial charge in [-0.2, -0.15) is 13.2 Å². The third-order valence-corrected chi connectivity index (χ3v) is 4.36. The Balaban J connectivity index is 2.56. The number of hydrogen-bond donors (Lipinski definition) is 0. The number of rotatable bonds is 4. The topological polar surface area (TPSA) is 54.3 Å². The van der Waals surface area contributed by atoms with E-state index in [1.165, 1.54) is 0 Å². The zero-order chi connectivity index (χ0) is 18.2. The van der Waals surface area contributed by atoms with Gasteiger partial charge in [0.25, 0.3) is 0 Å².